The molecule has 0 spiro atoms. The van der Waals surface area contributed by atoms with Crippen molar-refractivity contribution in [3.05, 3.63) is 49.8 Å². The summed E-state index contributed by atoms with van der Waals surface area (Å²) in [6, 6.07) is 2.37. The Morgan fingerprint density at radius 2 is 2.35 bits per heavy atom. The summed E-state index contributed by atoms with van der Waals surface area (Å²) < 4.78 is 0. The van der Waals surface area contributed by atoms with Crippen LogP contribution >= 0.6 is 11.3 Å². The molecule has 0 aromatic carbocycles. The first-order valence-electron chi connectivity index (χ1n) is 8.38. The molecule has 0 amide bonds. The summed E-state index contributed by atoms with van der Waals surface area (Å²) in [4.78, 5) is 22.6. The zero-order chi connectivity index (χ0) is 15.6. The molecule has 2 aromatic heterocycles. The summed E-state index contributed by atoms with van der Waals surface area (Å²) in [7, 11) is 0. The van der Waals surface area contributed by atoms with E-state index >= 15 is 0 Å². The highest BCUT2D eigenvalue weighted by molar-refractivity contribution is 7.07. The van der Waals surface area contributed by atoms with Crippen LogP contribution in [0.2, 0.25) is 0 Å². The third kappa shape index (κ3) is 3.24. The van der Waals surface area contributed by atoms with Crippen LogP contribution in [0, 0.1) is 0 Å². The van der Waals surface area contributed by atoms with Gasteiger partial charge in [-0.05, 0) is 48.2 Å². The molecule has 1 atom stereocenters. The van der Waals surface area contributed by atoms with Gasteiger partial charge in [0.1, 0.15) is 5.82 Å². The minimum absolute atomic E-state index is 0.0626. The maximum atomic E-state index is 12.4. The minimum Gasteiger partial charge on any atom is -0.309 e. The predicted molar refractivity (Wildman–Crippen MR) is 91.6 cm³/mol. The van der Waals surface area contributed by atoms with E-state index in [-0.39, 0.29) is 11.6 Å². The number of nitrogens with one attached hydrogen (secondary N) is 2. The van der Waals surface area contributed by atoms with Crippen LogP contribution in [0.3, 0.4) is 0 Å². The van der Waals surface area contributed by atoms with E-state index in [1.807, 2.05) is 0 Å². The smallest absolute Gasteiger partial charge is 0.254 e. The molecule has 4 heterocycles. The summed E-state index contributed by atoms with van der Waals surface area (Å²) in [6.07, 6.45) is 4.25. The van der Waals surface area contributed by atoms with Crippen molar-refractivity contribution in [3.63, 3.8) is 0 Å². The van der Waals surface area contributed by atoms with Crippen molar-refractivity contribution < 1.29 is 0 Å². The Labute approximate surface area is 139 Å². The van der Waals surface area contributed by atoms with E-state index < -0.39 is 0 Å². The Morgan fingerprint density at radius 1 is 1.39 bits per heavy atom. The molecule has 23 heavy (non-hydrogen) atoms. The Hall–Kier alpha value is -1.50. The first kappa shape index (κ1) is 15.1. The standard InChI is InChI=1S/C17H22N4OS/c22-17-13-4-7-21(9-12-5-8-23-11-12)10-15(13)19-16(20-17)14-3-1-2-6-18-14/h5,8,11,14,18H,1-4,6-7,9-10H2,(H,19,20,22)/t14-/m1/s1. The second-order valence-electron chi connectivity index (χ2n) is 6.47. The molecule has 0 aliphatic carbocycles. The summed E-state index contributed by atoms with van der Waals surface area (Å²) in [5, 5.41) is 7.78. The summed E-state index contributed by atoms with van der Waals surface area (Å²) in [5.74, 6) is 0.825. The van der Waals surface area contributed by atoms with Crippen LogP contribution < -0.4 is 10.9 Å². The lowest BCUT2D eigenvalue weighted by Gasteiger charge is -2.29. The molecule has 2 aromatic rings. The molecule has 0 unspecified atom stereocenters. The summed E-state index contributed by atoms with van der Waals surface area (Å²) in [6.45, 7) is 3.65. The average Bonchev–Trinajstić information content (AvgIpc) is 3.08. The number of rotatable bonds is 3. The van der Waals surface area contributed by atoms with E-state index in [0.717, 1.165) is 56.1 Å². The molecule has 0 saturated carbocycles. The van der Waals surface area contributed by atoms with Gasteiger partial charge in [-0.25, -0.2) is 4.98 Å². The van der Waals surface area contributed by atoms with E-state index in [1.165, 1.54) is 18.4 Å². The number of fused-ring (bicyclic) bond motifs is 1. The molecule has 0 bridgehead atoms. The van der Waals surface area contributed by atoms with Crippen molar-refractivity contribution in [1.82, 2.24) is 20.2 Å². The van der Waals surface area contributed by atoms with Gasteiger partial charge in [0.25, 0.3) is 5.56 Å². The lowest BCUT2D eigenvalue weighted by Crippen LogP contribution is -2.37. The number of H-pyrrole nitrogens is 1. The van der Waals surface area contributed by atoms with Crippen molar-refractivity contribution in [3.8, 4) is 0 Å². The molecule has 2 aliphatic rings. The van der Waals surface area contributed by atoms with Gasteiger partial charge in [-0.2, -0.15) is 11.3 Å². The monoisotopic (exact) mass is 330 g/mol. The predicted octanol–water partition coefficient (Wildman–Crippen LogP) is 2.20. The Bertz CT molecular complexity index is 719. The number of aromatic amines is 1. The van der Waals surface area contributed by atoms with Crippen molar-refractivity contribution in [2.75, 3.05) is 13.1 Å². The fraction of sp³-hybridized carbons (Fsp3) is 0.529. The van der Waals surface area contributed by atoms with Gasteiger partial charge in [-0.3, -0.25) is 9.69 Å². The average molecular weight is 330 g/mol. The van der Waals surface area contributed by atoms with Crippen LogP contribution in [-0.2, 0) is 19.5 Å². The van der Waals surface area contributed by atoms with E-state index in [1.54, 1.807) is 11.3 Å². The SMILES string of the molecule is O=c1[nH]c([C@H]2CCCCN2)nc2c1CCN(Cc1ccsc1)C2. The van der Waals surface area contributed by atoms with Gasteiger partial charge in [0.15, 0.2) is 0 Å². The van der Waals surface area contributed by atoms with Crippen molar-refractivity contribution in [2.24, 2.45) is 0 Å². The number of thiophene rings is 1. The number of nitrogens with zero attached hydrogens (tertiary/aromatic N) is 2. The lowest BCUT2D eigenvalue weighted by atomic mass is 10.0. The van der Waals surface area contributed by atoms with Gasteiger partial charge in [-0.1, -0.05) is 6.42 Å². The minimum atomic E-state index is 0.0626. The maximum absolute atomic E-state index is 12.4. The van der Waals surface area contributed by atoms with Gasteiger partial charge in [-0.15, -0.1) is 0 Å². The fourth-order valence-electron chi connectivity index (χ4n) is 3.54. The highest BCUT2D eigenvalue weighted by Gasteiger charge is 2.24. The third-order valence-corrected chi connectivity index (χ3v) is 5.53. The zero-order valence-corrected chi connectivity index (χ0v) is 14.0. The maximum Gasteiger partial charge on any atom is 0.254 e. The first-order chi connectivity index (χ1) is 11.3. The number of piperidine rings is 1. The van der Waals surface area contributed by atoms with E-state index in [2.05, 4.69) is 32.0 Å². The summed E-state index contributed by atoms with van der Waals surface area (Å²) >= 11 is 1.73. The summed E-state index contributed by atoms with van der Waals surface area (Å²) in [5.41, 5.74) is 3.26. The number of aromatic nitrogens is 2. The van der Waals surface area contributed by atoms with Crippen LogP contribution in [-0.4, -0.2) is 28.0 Å². The molecule has 4 rings (SSSR count). The molecule has 5 nitrogen and oxygen atoms in total. The van der Waals surface area contributed by atoms with Crippen LogP contribution in [0.1, 0.15) is 47.9 Å². The van der Waals surface area contributed by atoms with Crippen LogP contribution in [0.5, 0.6) is 0 Å². The Balaban J connectivity index is 1.56. The van der Waals surface area contributed by atoms with E-state index in [4.69, 9.17) is 4.98 Å². The van der Waals surface area contributed by atoms with Crippen LogP contribution in [0.25, 0.3) is 0 Å². The number of hydrogen-bond donors (Lipinski definition) is 2. The topological polar surface area (TPSA) is 61.0 Å². The molecular weight excluding hydrogens is 308 g/mol. The Morgan fingerprint density at radius 3 is 3.13 bits per heavy atom. The normalized spacial score (nSPS) is 22.0. The van der Waals surface area contributed by atoms with Gasteiger partial charge < -0.3 is 10.3 Å². The van der Waals surface area contributed by atoms with Crippen LogP contribution in [0.4, 0.5) is 0 Å². The zero-order valence-electron chi connectivity index (χ0n) is 13.2. The van der Waals surface area contributed by atoms with Crippen molar-refractivity contribution in [2.45, 2.75) is 44.8 Å². The molecule has 2 N–H and O–H groups in total. The largest absolute Gasteiger partial charge is 0.309 e. The quantitative estimate of drug-likeness (QED) is 0.906. The molecule has 122 valence electrons. The second kappa shape index (κ2) is 6.55. The van der Waals surface area contributed by atoms with Gasteiger partial charge in [0, 0.05) is 25.2 Å². The van der Waals surface area contributed by atoms with E-state index in [0.29, 0.717) is 0 Å². The highest BCUT2D eigenvalue weighted by atomic mass is 32.1. The third-order valence-electron chi connectivity index (χ3n) is 4.80. The second-order valence-corrected chi connectivity index (χ2v) is 7.25. The van der Waals surface area contributed by atoms with E-state index in [9.17, 15) is 4.79 Å². The molecular formula is C17H22N4OS. The van der Waals surface area contributed by atoms with Gasteiger partial charge >= 0.3 is 0 Å². The van der Waals surface area contributed by atoms with Gasteiger partial charge in [0.2, 0.25) is 0 Å². The highest BCUT2D eigenvalue weighted by Crippen LogP contribution is 2.22. The first-order valence-corrected chi connectivity index (χ1v) is 9.32. The molecule has 1 fully saturated rings. The molecule has 6 heteroatoms. The molecule has 0 radical (unpaired) electrons. The van der Waals surface area contributed by atoms with Crippen molar-refractivity contribution in [1.29, 1.82) is 0 Å². The molecule has 2 aliphatic heterocycles. The Kier molecular flexibility index (Phi) is 4.29. The molecule has 1 saturated heterocycles. The fourth-order valence-corrected chi connectivity index (χ4v) is 4.20. The van der Waals surface area contributed by atoms with Crippen LogP contribution in [0.15, 0.2) is 21.6 Å². The van der Waals surface area contributed by atoms with Gasteiger partial charge in [0.05, 0.1) is 11.7 Å². The van der Waals surface area contributed by atoms with Crippen molar-refractivity contribution >= 4 is 11.3 Å². The lowest BCUT2D eigenvalue weighted by molar-refractivity contribution is 0.239. The number of hydrogen-bond acceptors (Lipinski definition) is 5.